The number of amides is 2. The van der Waals surface area contributed by atoms with Gasteiger partial charge in [0.2, 0.25) is 0 Å². The zero-order valence-corrected chi connectivity index (χ0v) is 15.9. The van der Waals surface area contributed by atoms with Gasteiger partial charge in [-0.15, -0.1) is 0 Å². The number of carbonyl (C=O) groups is 2. The molecule has 9 nitrogen and oxygen atoms in total. The number of carbonyl (C=O) groups excluding carboxylic acids is 2. The van der Waals surface area contributed by atoms with Crippen LogP contribution in [0, 0.1) is 5.92 Å². The van der Waals surface area contributed by atoms with Crippen molar-refractivity contribution in [1.29, 1.82) is 0 Å². The van der Waals surface area contributed by atoms with Crippen LogP contribution >= 0.6 is 0 Å². The molecule has 2 amide bonds. The van der Waals surface area contributed by atoms with Crippen LogP contribution in [0.2, 0.25) is 0 Å². The van der Waals surface area contributed by atoms with Crippen LogP contribution in [-0.4, -0.2) is 33.7 Å². The van der Waals surface area contributed by atoms with E-state index in [2.05, 4.69) is 26.8 Å². The molecule has 1 saturated heterocycles. The number of benzene rings is 1. The minimum absolute atomic E-state index is 0.0950. The molecule has 2 aromatic rings. The first-order valence-corrected chi connectivity index (χ1v) is 9.58. The van der Waals surface area contributed by atoms with Gasteiger partial charge >= 0.3 is 0 Å². The second kappa shape index (κ2) is 7.33. The Bertz CT molecular complexity index is 981. The van der Waals surface area contributed by atoms with Crippen LogP contribution in [-0.2, 0) is 4.79 Å². The van der Waals surface area contributed by atoms with Gasteiger partial charge in [0.25, 0.3) is 17.4 Å². The summed E-state index contributed by atoms with van der Waals surface area (Å²) in [5.41, 5.74) is 10.9. The predicted octanol–water partition coefficient (Wildman–Crippen LogP) is 0.384. The Hall–Kier alpha value is -2.78. The standard InChI is InChI=1S/C19H24N6O3/c1-10(2)25-19(28)13-6-4-3-5-12(13)16(24-25)18(27)23-22-17(26)15-9-14(20-21-15)11-7-8-11/h3-6,10-11,14-15,20-21H,7-9H2,1-2H3,(H,22,26)(H,23,27). The topological polar surface area (TPSA) is 117 Å². The van der Waals surface area contributed by atoms with Crippen LogP contribution in [0.4, 0.5) is 0 Å². The van der Waals surface area contributed by atoms with Gasteiger partial charge in [-0.25, -0.2) is 10.1 Å². The van der Waals surface area contributed by atoms with Gasteiger partial charge in [-0.2, -0.15) is 5.10 Å². The molecule has 2 heterocycles. The molecule has 0 radical (unpaired) electrons. The average molecular weight is 384 g/mol. The quantitative estimate of drug-likeness (QED) is 0.567. The molecule has 0 bridgehead atoms. The van der Waals surface area contributed by atoms with Crippen LogP contribution in [0.1, 0.15) is 49.6 Å². The first-order valence-electron chi connectivity index (χ1n) is 9.58. The van der Waals surface area contributed by atoms with Gasteiger partial charge in [-0.1, -0.05) is 18.2 Å². The van der Waals surface area contributed by atoms with Crippen LogP contribution in [0.15, 0.2) is 29.1 Å². The molecule has 1 aromatic heterocycles. The van der Waals surface area contributed by atoms with Crippen molar-refractivity contribution in [3.63, 3.8) is 0 Å². The molecule has 9 heteroatoms. The van der Waals surface area contributed by atoms with Crippen LogP contribution in [0.25, 0.3) is 10.8 Å². The highest BCUT2D eigenvalue weighted by Crippen LogP contribution is 2.35. The Morgan fingerprint density at radius 1 is 1.14 bits per heavy atom. The number of nitrogens with zero attached hydrogens (tertiary/aromatic N) is 2. The number of hydrogen-bond donors (Lipinski definition) is 4. The van der Waals surface area contributed by atoms with Crippen molar-refractivity contribution in [2.75, 3.05) is 0 Å². The van der Waals surface area contributed by atoms with E-state index in [-0.39, 0.29) is 23.2 Å². The van der Waals surface area contributed by atoms with E-state index in [1.54, 1.807) is 24.3 Å². The summed E-state index contributed by atoms with van der Waals surface area (Å²) in [6, 6.07) is 6.52. The van der Waals surface area contributed by atoms with Crippen LogP contribution in [0.3, 0.4) is 0 Å². The number of hydrogen-bond acceptors (Lipinski definition) is 6. The van der Waals surface area contributed by atoms with Crippen molar-refractivity contribution in [2.45, 2.75) is 51.2 Å². The fourth-order valence-electron chi connectivity index (χ4n) is 3.55. The first kappa shape index (κ1) is 18.6. The smallest absolute Gasteiger partial charge is 0.271 e. The van der Waals surface area contributed by atoms with Crippen molar-refractivity contribution in [3.8, 4) is 0 Å². The summed E-state index contributed by atoms with van der Waals surface area (Å²) in [6.45, 7) is 3.64. The lowest BCUT2D eigenvalue weighted by molar-refractivity contribution is -0.123. The highest BCUT2D eigenvalue weighted by Gasteiger charge is 2.38. The van der Waals surface area contributed by atoms with E-state index < -0.39 is 11.9 Å². The molecule has 2 atom stereocenters. The summed E-state index contributed by atoms with van der Waals surface area (Å²) in [5, 5.41) is 5.09. The molecule has 4 rings (SSSR count). The summed E-state index contributed by atoms with van der Waals surface area (Å²) >= 11 is 0. The lowest BCUT2D eigenvalue weighted by Gasteiger charge is -2.15. The number of hydrazine groups is 2. The van der Waals surface area contributed by atoms with Gasteiger partial charge in [0.05, 0.1) is 11.4 Å². The van der Waals surface area contributed by atoms with E-state index in [9.17, 15) is 14.4 Å². The van der Waals surface area contributed by atoms with Gasteiger partial charge in [0, 0.05) is 11.4 Å². The molecule has 1 aromatic carbocycles. The summed E-state index contributed by atoms with van der Waals surface area (Å²) in [6.07, 6.45) is 3.06. The molecular weight excluding hydrogens is 360 g/mol. The molecule has 1 saturated carbocycles. The minimum Gasteiger partial charge on any atom is -0.271 e. The van der Waals surface area contributed by atoms with E-state index in [1.807, 2.05) is 13.8 Å². The maximum Gasteiger partial charge on any atom is 0.290 e. The van der Waals surface area contributed by atoms with Gasteiger partial charge in [0.1, 0.15) is 6.04 Å². The molecule has 4 N–H and O–H groups in total. The molecule has 0 spiro atoms. The number of nitrogens with one attached hydrogen (secondary N) is 4. The number of fused-ring (bicyclic) bond motifs is 1. The van der Waals surface area contributed by atoms with Gasteiger partial charge < -0.3 is 0 Å². The first-order chi connectivity index (χ1) is 13.5. The van der Waals surface area contributed by atoms with E-state index in [0.29, 0.717) is 29.2 Å². The number of rotatable bonds is 4. The molecule has 28 heavy (non-hydrogen) atoms. The summed E-state index contributed by atoms with van der Waals surface area (Å²) in [4.78, 5) is 37.6. The Morgan fingerprint density at radius 3 is 2.54 bits per heavy atom. The fourth-order valence-corrected chi connectivity index (χ4v) is 3.55. The zero-order chi connectivity index (χ0) is 19.8. The third-order valence-electron chi connectivity index (χ3n) is 5.27. The molecule has 1 aliphatic carbocycles. The fraction of sp³-hybridized carbons (Fsp3) is 0.474. The Morgan fingerprint density at radius 2 is 1.86 bits per heavy atom. The molecule has 2 unspecified atom stereocenters. The highest BCUT2D eigenvalue weighted by molar-refractivity contribution is 6.05. The Kier molecular flexibility index (Phi) is 4.86. The van der Waals surface area contributed by atoms with E-state index in [4.69, 9.17) is 0 Å². The van der Waals surface area contributed by atoms with Crippen molar-refractivity contribution in [2.24, 2.45) is 5.92 Å². The molecule has 148 valence electrons. The van der Waals surface area contributed by atoms with E-state index in [0.717, 1.165) is 0 Å². The lowest BCUT2D eigenvalue weighted by atomic mass is 10.1. The van der Waals surface area contributed by atoms with Crippen molar-refractivity contribution < 1.29 is 9.59 Å². The molecule has 1 aliphatic heterocycles. The second-order valence-corrected chi connectivity index (χ2v) is 7.70. The summed E-state index contributed by atoms with van der Waals surface area (Å²) < 4.78 is 1.28. The van der Waals surface area contributed by atoms with E-state index in [1.165, 1.54) is 17.5 Å². The molecule has 2 fully saturated rings. The Labute approximate surface area is 161 Å². The minimum atomic E-state index is -0.566. The zero-order valence-electron chi connectivity index (χ0n) is 15.9. The maximum absolute atomic E-state index is 12.7. The summed E-state index contributed by atoms with van der Waals surface area (Å²) in [7, 11) is 0. The lowest BCUT2D eigenvalue weighted by Crippen LogP contribution is -2.50. The van der Waals surface area contributed by atoms with Crippen molar-refractivity contribution in [1.82, 2.24) is 31.5 Å². The summed E-state index contributed by atoms with van der Waals surface area (Å²) in [5.74, 6) is -0.248. The van der Waals surface area contributed by atoms with Gasteiger partial charge in [0.15, 0.2) is 5.69 Å². The van der Waals surface area contributed by atoms with Crippen LogP contribution < -0.4 is 27.3 Å². The highest BCUT2D eigenvalue weighted by atomic mass is 16.2. The third kappa shape index (κ3) is 3.50. The largest absolute Gasteiger partial charge is 0.290 e. The van der Waals surface area contributed by atoms with Gasteiger partial charge in [-0.05, 0) is 45.1 Å². The number of aromatic nitrogens is 2. The van der Waals surface area contributed by atoms with Crippen molar-refractivity contribution in [3.05, 3.63) is 40.3 Å². The Balaban J connectivity index is 1.50. The third-order valence-corrected chi connectivity index (χ3v) is 5.27. The molecular formula is C19H24N6O3. The SMILES string of the molecule is CC(C)n1nc(C(=O)NNC(=O)C2CC(C3CC3)NN2)c2ccccc2c1=O. The normalized spacial score (nSPS) is 21.8. The average Bonchev–Trinajstić information content (AvgIpc) is 3.42. The van der Waals surface area contributed by atoms with E-state index >= 15 is 0 Å². The van der Waals surface area contributed by atoms with Gasteiger partial charge in [-0.3, -0.25) is 30.7 Å². The monoisotopic (exact) mass is 384 g/mol. The molecule has 2 aliphatic rings. The van der Waals surface area contributed by atoms with Crippen LogP contribution in [0.5, 0.6) is 0 Å². The second-order valence-electron chi connectivity index (χ2n) is 7.70. The van der Waals surface area contributed by atoms with Crippen molar-refractivity contribution >= 4 is 22.6 Å². The maximum atomic E-state index is 12.7. The predicted molar refractivity (Wildman–Crippen MR) is 103 cm³/mol.